The quantitative estimate of drug-likeness (QED) is 0.854. The molecular formula is C10H6Cl2FN3. The maximum atomic E-state index is 13.5. The lowest BCUT2D eigenvalue weighted by molar-refractivity contribution is 0.619. The van der Waals surface area contributed by atoms with Crippen molar-refractivity contribution in [3.8, 4) is 11.3 Å². The van der Waals surface area contributed by atoms with Crippen molar-refractivity contribution in [3.05, 3.63) is 40.3 Å². The average Bonchev–Trinajstić information content (AvgIpc) is 2.20. The van der Waals surface area contributed by atoms with Crippen LogP contribution in [0, 0.1) is 5.82 Å². The second-order valence-corrected chi connectivity index (χ2v) is 3.96. The first kappa shape index (κ1) is 11.1. The lowest BCUT2D eigenvalue weighted by Gasteiger charge is -2.04. The van der Waals surface area contributed by atoms with Gasteiger partial charge in [0.15, 0.2) is 5.82 Å². The molecule has 0 amide bonds. The molecule has 0 aliphatic heterocycles. The van der Waals surface area contributed by atoms with E-state index in [9.17, 15) is 4.39 Å². The van der Waals surface area contributed by atoms with Gasteiger partial charge in [-0.1, -0.05) is 23.2 Å². The normalized spacial score (nSPS) is 10.4. The zero-order chi connectivity index (χ0) is 11.7. The summed E-state index contributed by atoms with van der Waals surface area (Å²) in [6, 6.07) is 4.66. The molecule has 0 saturated carbocycles. The Morgan fingerprint density at radius 3 is 2.38 bits per heavy atom. The van der Waals surface area contributed by atoms with E-state index in [0.717, 1.165) is 6.20 Å². The van der Waals surface area contributed by atoms with Gasteiger partial charge in [-0.3, -0.25) is 0 Å². The zero-order valence-electron chi connectivity index (χ0n) is 7.92. The Balaban J connectivity index is 2.62. The molecule has 0 aliphatic rings. The van der Waals surface area contributed by atoms with Gasteiger partial charge in [-0.15, -0.1) is 0 Å². The van der Waals surface area contributed by atoms with Crippen LogP contribution in [0.1, 0.15) is 0 Å². The van der Waals surface area contributed by atoms with Gasteiger partial charge in [-0.05, 0) is 18.2 Å². The Labute approximate surface area is 101 Å². The van der Waals surface area contributed by atoms with Gasteiger partial charge in [0.05, 0.1) is 6.20 Å². The molecule has 0 bridgehead atoms. The van der Waals surface area contributed by atoms with Crippen LogP contribution in [-0.2, 0) is 0 Å². The third kappa shape index (κ3) is 2.23. The number of hydrogen-bond acceptors (Lipinski definition) is 3. The second kappa shape index (κ2) is 4.23. The Morgan fingerprint density at radius 2 is 1.75 bits per heavy atom. The Kier molecular flexibility index (Phi) is 2.94. The van der Waals surface area contributed by atoms with E-state index in [1.807, 2.05) is 0 Å². The fraction of sp³-hybridized carbons (Fsp3) is 0. The van der Waals surface area contributed by atoms with Crippen LogP contribution in [0.5, 0.6) is 0 Å². The lowest BCUT2D eigenvalue weighted by atomic mass is 10.1. The van der Waals surface area contributed by atoms with E-state index >= 15 is 0 Å². The molecule has 1 heterocycles. The van der Waals surface area contributed by atoms with Gasteiger partial charge in [-0.2, -0.15) is 0 Å². The van der Waals surface area contributed by atoms with Crippen LogP contribution in [0.2, 0.25) is 10.0 Å². The summed E-state index contributed by atoms with van der Waals surface area (Å²) in [4.78, 5) is 7.33. The number of hydrogen-bond donors (Lipinski definition) is 1. The van der Waals surface area contributed by atoms with Crippen LogP contribution in [0.3, 0.4) is 0 Å². The molecule has 0 fully saturated rings. The van der Waals surface area contributed by atoms with Crippen LogP contribution in [0.15, 0.2) is 24.4 Å². The number of benzene rings is 1. The largest absolute Gasteiger partial charge is 0.368 e. The number of rotatable bonds is 1. The fourth-order valence-electron chi connectivity index (χ4n) is 1.27. The Bertz CT molecular complexity index is 525. The summed E-state index contributed by atoms with van der Waals surface area (Å²) in [7, 11) is 0. The molecule has 1 aromatic carbocycles. The van der Waals surface area contributed by atoms with Gasteiger partial charge in [0.25, 0.3) is 0 Å². The summed E-state index contributed by atoms with van der Waals surface area (Å²) in [5, 5.41) is 0.804. The summed E-state index contributed by atoms with van der Waals surface area (Å²) in [6.45, 7) is 0. The predicted octanol–water partition coefficient (Wildman–Crippen LogP) is 3.17. The molecule has 0 spiro atoms. The van der Waals surface area contributed by atoms with E-state index in [2.05, 4.69) is 9.97 Å². The second-order valence-electron chi connectivity index (χ2n) is 3.08. The molecule has 0 saturated heterocycles. The monoisotopic (exact) mass is 257 g/mol. The Hall–Kier alpha value is -1.39. The van der Waals surface area contributed by atoms with Crippen molar-refractivity contribution in [2.24, 2.45) is 0 Å². The highest BCUT2D eigenvalue weighted by Gasteiger charge is 2.09. The van der Waals surface area contributed by atoms with Crippen LogP contribution < -0.4 is 5.73 Å². The number of anilines is 1. The molecule has 2 aromatic rings. The van der Waals surface area contributed by atoms with E-state index in [1.165, 1.54) is 0 Å². The standard InChI is InChI=1S/C10H6Cl2FN3/c11-6-1-5(2-7(12)3-6)9-8(13)4-15-10(14)16-9/h1-4H,(H2,14,15,16). The molecule has 82 valence electrons. The third-order valence-electron chi connectivity index (χ3n) is 1.90. The van der Waals surface area contributed by atoms with E-state index in [0.29, 0.717) is 15.6 Å². The van der Waals surface area contributed by atoms with Crippen molar-refractivity contribution in [2.75, 3.05) is 5.73 Å². The summed E-state index contributed by atoms with van der Waals surface area (Å²) < 4.78 is 13.5. The van der Waals surface area contributed by atoms with Crippen LogP contribution in [0.4, 0.5) is 10.3 Å². The molecule has 1 aromatic heterocycles. The first-order chi connectivity index (χ1) is 7.56. The van der Waals surface area contributed by atoms with Crippen molar-refractivity contribution in [1.82, 2.24) is 9.97 Å². The fourth-order valence-corrected chi connectivity index (χ4v) is 1.80. The molecule has 0 radical (unpaired) electrons. The van der Waals surface area contributed by atoms with E-state index in [4.69, 9.17) is 28.9 Å². The summed E-state index contributed by atoms with van der Waals surface area (Å²) >= 11 is 11.6. The van der Waals surface area contributed by atoms with Gasteiger partial charge in [0, 0.05) is 15.6 Å². The van der Waals surface area contributed by atoms with Gasteiger partial charge >= 0.3 is 0 Å². The van der Waals surface area contributed by atoms with Gasteiger partial charge in [0.2, 0.25) is 5.95 Å². The molecule has 6 heteroatoms. The van der Waals surface area contributed by atoms with Crippen molar-refractivity contribution < 1.29 is 4.39 Å². The van der Waals surface area contributed by atoms with E-state index < -0.39 is 5.82 Å². The first-order valence-corrected chi connectivity index (χ1v) is 5.06. The van der Waals surface area contributed by atoms with Crippen LogP contribution in [0.25, 0.3) is 11.3 Å². The minimum absolute atomic E-state index is 0.00695. The maximum absolute atomic E-state index is 13.5. The molecule has 0 unspecified atom stereocenters. The summed E-state index contributed by atoms with van der Waals surface area (Å²) in [6.07, 6.45) is 1.01. The first-order valence-electron chi connectivity index (χ1n) is 4.31. The van der Waals surface area contributed by atoms with Crippen LogP contribution >= 0.6 is 23.2 Å². The van der Waals surface area contributed by atoms with Crippen LogP contribution in [-0.4, -0.2) is 9.97 Å². The minimum Gasteiger partial charge on any atom is -0.368 e. The van der Waals surface area contributed by atoms with Gasteiger partial charge in [0.1, 0.15) is 5.69 Å². The molecule has 0 atom stereocenters. The van der Waals surface area contributed by atoms with Gasteiger partial charge in [-0.25, -0.2) is 14.4 Å². The number of nitrogens with zero attached hydrogens (tertiary/aromatic N) is 2. The van der Waals surface area contributed by atoms with E-state index in [-0.39, 0.29) is 11.6 Å². The predicted molar refractivity (Wildman–Crippen MR) is 61.9 cm³/mol. The molecule has 0 aliphatic carbocycles. The number of aromatic nitrogens is 2. The third-order valence-corrected chi connectivity index (χ3v) is 2.34. The highest BCUT2D eigenvalue weighted by molar-refractivity contribution is 6.35. The zero-order valence-corrected chi connectivity index (χ0v) is 9.43. The summed E-state index contributed by atoms with van der Waals surface area (Å²) in [5.74, 6) is -0.583. The highest BCUT2D eigenvalue weighted by Crippen LogP contribution is 2.27. The molecule has 3 nitrogen and oxygen atoms in total. The minimum atomic E-state index is -0.576. The van der Waals surface area contributed by atoms with Crippen molar-refractivity contribution in [3.63, 3.8) is 0 Å². The molecule has 2 rings (SSSR count). The number of nitrogen functional groups attached to an aromatic ring is 1. The van der Waals surface area contributed by atoms with Crippen molar-refractivity contribution in [2.45, 2.75) is 0 Å². The van der Waals surface area contributed by atoms with Gasteiger partial charge < -0.3 is 5.73 Å². The maximum Gasteiger partial charge on any atom is 0.220 e. The molecule has 16 heavy (non-hydrogen) atoms. The SMILES string of the molecule is Nc1ncc(F)c(-c2cc(Cl)cc(Cl)c2)n1. The lowest BCUT2D eigenvalue weighted by Crippen LogP contribution is -1.98. The highest BCUT2D eigenvalue weighted by atomic mass is 35.5. The van der Waals surface area contributed by atoms with Crippen molar-refractivity contribution in [1.29, 1.82) is 0 Å². The number of nitrogens with two attached hydrogens (primary N) is 1. The Morgan fingerprint density at radius 1 is 1.12 bits per heavy atom. The summed E-state index contributed by atoms with van der Waals surface area (Å²) in [5.41, 5.74) is 5.93. The van der Waals surface area contributed by atoms with Crippen molar-refractivity contribution >= 4 is 29.2 Å². The van der Waals surface area contributed by atoms with E-state index in [1.54, 1.807) is 18.2 Å². The molecular weight excluding hydrogens is 252 g/mol. The smallest absolute Gasteiger partial charge is 0.220 e. The number of halogens is 3. The topological polar surface area (TPSA) is 51.8 Å². The average molecular weight is 258 g/mol. The molecule has 2 N–H and O–H groups in total.